The van der Waals surface area contributed by atoms with Crippen LogP contribution in [0.2, 0.25) is 0 Å². The maximum atomic E-state index is 13.1. The summed E-state index contributed by atoms with van der Waals surface area (Å²) in [5.41, 5.74) is 5.25. The van der Waals surface area contributed by atoms with Gasteiger partial charge in [0.15, 0.2) is 0 Å². The number of rotatable bonds is 3. The Hall–Kier alpha value is -1.82. The first-order valence-electron chi connectivity index (χ1n) is 6.46. The van der Waals surface area contributed by atoms with Crippen molar-refractivity contribution in [1.29, 1.82) is 0 Å². The van der Waals surface area contributed by atoms with E-state index in [4.69, 9.17) is 5.84 Å². The van der Waals surface area contributed by atoms with Crippen molar-refractivity contribution >= 4 is 26.8 Å². The van der Waals surface area contributed by atoms with E-state index in [0.717, 1.165) is 26.6 Å². The lowest BCUT2D eigenvalue weighted by atomic mass is 10.0. The number of nitrogens with one attached hydrogen (secondary N) is 1. The van der Waals surface area contributed by atoms with Gasteiger partial charge in [-0.2, -0.15) is 0 Å². The van der Waals surface area contributed by atoms with Crippen LogP contribution in [0.3, 0.4) is 0 Å². The molecule has 3 rings (SSSR count). The normalized spacial score (nSPS) is 12.5. The van der Waals surface area contributed by atoms with Gasteiger partial charge in [-0.15, -0.1) is 0 Å². The van der Waals surface area contributed by atoms with E-state index >= 15 is 0 Å². The van der Waals surface area contributed by atoms with Crippen LogP contribution in [0, 0.1) is 5.82 Å². The topological polar surface area (TPSA) is 50.9 Å². The molecule has 0 aliphatic carbocycles. The van der Waals surface area contributed by atoms with Gasteiger partial charge in [0.05, 0.1) is 17.3 Å². The van der Waals surface area contributed by atoms with Gasteiger partial charge in [0.2, 0.25) is 0 Å². The number of pyridine rings is 1. The smallest absolute Gasteiger partial charge is 0.123 e. The molecule has 0 aliphatic rings. The molecule has 0 bridgehead atoms. The van der Waals surface area contributed by atoms with E-state index in [-0.39, 0.29) is 11.9 Å². The SMILES string of the molecule is NNC(c1ccc(F)cc1)c1nc2ccccc2cc1Br. The summed E-state index contributed by atoms with van der Waals surface area (Å²) in [6, 6.07) is 15.8. The van der Waals surface area contributed by atoms with E-state index in [0.29, 0.717) is 0 Å². The Morgan fingerprint density at radius 3 is 2.52 bits per heavy atom. The first kappa shape index (κ1) is 14.1. The van der Waals surface area contributed by atoms with E-state index in [1.165, 1.54) is 12.1 Å². The molecule has 106 valence electrons. The van der Waals surface area contributed by atoms with Crippen molar-refractivity contribution < 1.29 is 4.39 Å². The molecule has 5 heteroatoms. The van der Waals surface area contributed by atoms with Crippen LogP contribution >= 0.6 is 15.9 Å². The van der Waals surface area contributed by atoms with Gasteiger partial charge in [0.1, 0.15) is 5.82 Å². The summed E-state index contributed by atoms with van der Waals surface area (Å²) >= 11 is 3.54. The third-order valence-electron chi connectivity index (χ3n) is 3.35. The number of para-hydroxylation sites is 1. The predicted octanol–water partition coefficient (Wildman–Crippen LogP) is 3.69. The molecular formula is C16H13BrFN3. The minimum atomic E-state index is -0.315. The van der Waals surface area contributed by atoms with Crippen molar-refractivity contribution in [1.82, 2.24) is 10.4 Å². The molecule has 0 saturated heterocycles. The van der Waals surface area contributed by atoms with Gasteiger partial charge >= 0.3 is 0 Å². The molecule has 3 nitrogen and oxygen atoms in total. The third-order valence-corrected chi connectivity index (χ3v) is 3.98. The lowest BCUT2D eigenvalue weighted by Gasteiger charge is -2.18. The molecule has 0 radical (unpaired) electrons. The van der Waals surface area contributed by atoms with Gasteiger partial charge in [-0.25, -0.2) is 14.8 Å². The molecule has 2 aromatic carbocycles. The zero-order valence-corrected chi connectivity index (χ0v) is 12.6. The highest BCUT2D eigenvalue weighted by molar-refractivity contribution is 9.10. The van der Waals surface area contributed by atoms with Crippen LogP contribution in [0.4, 0.5) is 4.39 Å². The second-order valence-corrected chi connectivity index (χ2v) is 5.55. The summed E-state index contributed by atoms with van der Waals surface area (Å²) < 4.78 is 13.9. The van der Waals surface area contributed by atoms with Gasteiger partial charge in [0.25, 0.3) is 0 Å². The molecule has 1 aromatic heterocycles. The Morgan fingerprint density at radius 1 is 1.10 bits per heavy atom. The lowest BCUT2D eigenvalue weighted by Crippen LogP contribution is -2.29. The summed E-state index contributed by atoms with van der Waals surface area (Å²) in [6.07, 6.45) is 0. The molecule has 1 atom stereocenters. The Labute approximate surface area is 130 Å². The average molecular weight is 346 g/mol. The molecule has 1 unspecified atom stereocenters. The maximum Gasteiger partial charge on any atom is 0.123 e. The zero-order valence-electron chi connectivity index (χ0n) is 11.1. The van der Waals surface area contributed by atoms with Crippen molar-refractivity contribution in [3.05, 3.63) is 76.1 Å². The number of nitrogens with zero attached hydrogens (tertiary/aromatic N) is 1. The minimum Gasteiger partial charge on any atom is -0.271 e. The summed E-state index contributed by atoms with van der Waals surface area (Å²) in [7, 11) is 0. The van der Waals surface area contributed by atoms with E-state index in [1.807, 2.05) is 30.3 Å². The number of halogens is 2. The van der Waals surface area contributed by atoms with E-state index in [1.54, 1.807) is 12.1 Å². The number of hydrogen-bond donors (Lipinski definition) is 2. The molecule has 3 aromatic rings. The summed E-state index contributed by atoms with van der Waals surface area (Å²) in [5.74, 6) is 5.41. The Bertz CT molecular complexity index is 774. The first-order valence-corrected chi connectivity index (χ1v) is 7.25. The number of hydrazine groups is 1. The van der Waals surface area contributed by atoms with Gasteiger partial charge < -0.3 is 0 Å². The number of aromatic nitrogens is 1. The highest BCUT2D eigenvalue weighted by Crippen LogP contribution is 2.29. The van der Waals surface area contributed by atoms with Gasteiger partial charge in [-0.3, -0.25) is 5.84 Å². The third kappa shape index (κ3) is 2.81. The Morgan fingerprint density at radius 2 is 1.81 bits per heavy atom. The van der Waals surface area contributed by atoms with Crippen LogP contribution in [-0.4, -0.2) is 4.98 Å². The molecule has 0 fully saturated rings. The van der Waals surface area contributed by atoms with Crippen LogP contribution in [0.25, 0.3) is 10.9 Å². The fourth-order valence-electron chi connectivity index (χ4n) is 2.30. The predicted molar refractivity (Wildman–Crippen MR) is 85.0 cm³/mol. The van der Waals surface area contributed by atoms with Crippen LogP contribution in [0.15, 0.2) is 59.1 Å². The highest BCUT2D eigenvalue weighted by atomic mass is 79.9. The second-order valence-electron chi connectivity index (χ2n) is 4.70. The van der Waals surface area contributed by atoms with Crippen molar-refractivity contribution in [2.24, 2.45) is 5.84 Å². The van der Waals surface area contributed by atoms with Crippen molar-refractivity contribution in [3.8, 4) is 0 Å². The van der Waals surface area contributed by atoms with Gasteiger partial charge in [0, 0.05) is 9.86 Å². The van der Waals surface area contributed by atoms with Crippen molar-refractivity contribution in [2.75, 3.05) is 0 Å². The van der Waals surface area contributed by atoms with Crippen LogP contribution in [0.1, 0.15) is 17.3 Å². The fraction of sp³-hybridized carbons (Fsp3) is 0.0625. The van der Waals surface area contributed by atoms with Crippen LogP contribution in [0.5, 0.6) is 0 Å². The molecule has 1 heterocycles. The van der Waals surface area contributed by atoms with Gasteiger partial charge in [-0.1, -0.05) is 30.3 Å². The summed E-state index contributed by atoms with van der Waals surface area (Å²) in [6.45, 7) is 0. The van der Waals surface area contributed by atoms with Crippen LogP contribution < -0.4 is 11.3 Å². The molecular weight excluding hydrogens is 333 g/mol. The Balaban J connectivity index is 2.12. The molecule has 0 spiro atoms. The average Bonchev–Trinajstić information content (AvgIpc) is 2.50. The number of nitrogens with two attached hydrogens (primary N) is 1. The van der Waals surface area contributed by atoms with Crippen LogP contribution in [-0.2, 0) is 0 Å². The van der Waals surface area contributed by atoms with Crippen molar-refractivity contribution in [3.63, 3.8) is 0 Å². The Kier molecular flexibility index (Phi) is 3.96. The zero-order chi connectivity index (χ0) is 14.8. The maximum absolute atomic E-state index is 13.1. The standard InChI is InChI=1S/C16H13BrFN3/c17-13-9-11-3-1-2-4-14(11)20-16(13)15(21-19)10-5-7-12(18)8-6-10/h1-9,15,21H,19H2. The number of fused-ring (bicyclic) bond motifs is 1. The monoisotopic (exact) mass is 345 g/mol. The molecule has 0 aliphatic heterocycles. The van der Waals surface area contributed by atoms with E-state index in [2.05, 4.69) is 26.3 Å². The van der Waals surface area contributed by atoms with Gasteiger partial charge in [-0.05, 0) is 45.8 Å². The fourth-order valence-corrected chi connectivity index (χ4v) is 2.86. The number of benzene rings is 2. The molecule has 21 heavy (non-hydrogen) atoms. The summed E-state index contributed by atoms with van der Waals surface area (Å²) in [5, 5.41) is 1.04. The van der Waals surface area contributed by atoms with Crippen molar-refractivity contribution in [2.45, 2.75) is 6.04 Å². The molecule has 0 amide bonds. The minimum absolute atomic E-state index is 0.278. The molecule has 3 N–H and O–H groups in total. The quantitative estimate of drug-likeness (QED) is 0.562. The van der Waals surface area contributed by atoms with E-state index in [9.17, 15) is 4.39 Å². The largest absolute Gasteiger partial charge is 0.271 e. The first-order chi connectivity index (χ1) is 10.2. The number of hydrogen-bond acceptors (Lipinski definition) is 3. The highest BCUT2D eigenvalue weighted by Gasteiger charge is 2.18. The second kappa shape index (κ2) is 5.89. The molecule has 0 saturated carbocycles. The lowest BCUT2D eigenvalue weighted by molar-refractivity contribution is 0.607. The van der Waals surface area contributed by atoms with E-state index < -0.39 is 0 Å². The summed E-state index contributed by atoms with van der Waals surface area (Å²) in [4.78, 5) is 4.66.